The zero-order valence-corrected chi connectivity index (χ0v) is 14.6. The minimum Gasteiger partial charge on any atom is -0.373 e. The van der Waals surface area contributed by atoms with Crippen LogP contribution in [-0.2, 0) is 4.74 Å². The minimum absolute atomic E-state index is 0.169. The SMILES string of the molecule is c1ccc(C2OCCCC2CNc2cc(N3CCCC3)ncn2)cc1. The van der Waals surface area contributed by atoms with Crippen molar-refractivity contribution in [1.29, 1.82) is 0 Å². The minimum atomic E-state index is 0.169. The topological polar surface area (TPSA) is 50.3 Å². The van der Waals surface area contributed by atoms with Gasteiger partial charge in [-0.15, -0.1) is 0 Å². The van der Waals surface area contributed by atoms with Crippen molar-refractivity contribution in [3.63, 3.8) is 0 Å². The Hall–Kier alpha value is -2.14. The first kappa shape index (κ1) is 16.3. The molecular weight excluding hydrogens is 312 g/mol. The second-order valence-corrected chi connectivity index (χ2v) is 6.94. The quantitative estimate of drug-likeness (QED) is 0.902. The average molecular weight is 338 g/mol. The highest BCUT2D eigenvalue weighted by Crippen LogP contribution is 2.33. The first-order valence-corrected chi connectivity index (χ1v) is 9.37. The van der Waals surface area contributed by atoms with Crippen molar-refractivity contribution in [2.24, 2.45) is 5.92 Å². The fraction of sp³-hybridized carbons (Fsp3) is 0.500. The van der Waals surface area contributed by atoms with Crippen molar-refractivity contribution in [3.05, 3.63) is 48.3 Å². The lowest BCUT2D eigenvalue weighted by atomic mass is 9.89. The molecule has 3 heterocycles. The van der Waals surface area contributed by atoms with E-state index in [1.165, 1.54) is 24.8 Å². The Morgan fingerprint density at radius 1 is 1.08 bits per heavy atom. The summed E-state index contributed by atoms with van der Waals surface area (Å²) in [6.07, 6.45) is 6.65. The Morgan fingerprint density at radius 3 is 2.76 bits per heavy atom. The van der Waals surface area contributed by atoms with E-state index in [1.54, 1.807) is 6.33 Å². The van der Waals surface area contributed by atoms with Crippen molar-refractivity contribution >= 4 is 11.6 Å². The van der Waals surface area contributed by atoms with Crippen LogP contribution >= 0.6 is 0 Å². The van der Waals surface area contributed by atoms with Gasteiger partial charge in [-0.1, -0.05) is 30.3 Å². The van der Waals surface area contributed by atoms with Crippen molar-refractivity contribution in [2.45, 2.75) is 31.8 Å². The molecule has 2 aromatic rings. The number of aromatic nitrogens is 2. The van der Waals surface area contributed by atoms with Gasteiger partial charge in [0.2, 0.25) is 0 Å². The smallest absolute Gasteiger partial charge is 0.134 e. The maximum absolute atomic E-state index is 6.09. The summed E-state index contributed by atoms with van der Waals surface area (Å²) in [5, 5.41) is 3.52. The van der Waals surface area contributed by atoms with Gasteiger partial charge in [0.1, 0.15) is 18.0 Å². The summed E-state index contributed by atoms with van der Waals surface area (Å²) in [6.45, 7) is 3.92. The summed E-state index contributed by atoms with van der Waals surface area (Å²) in [7, 11) is 0. The van der Waals surface area contributed by atoms with Crippen LogP contribution in [0.1, 0.15) is 37.4 Å². The third kappa shape index (κ3) is 3.93. The number of hydrogen-bond donors (Lipinski definition) is 1. The van der Waals surface area contributed by atoms with Crippen molar-refractivity contribution in [3.8, 4) is 0 Å². The number of hydrogen-bond acceptors (Lipinski definition) is 5. The molecule has 2 atom stereocenters. The van der Waals surface area contributed by atoms with Crippen LogP contribution in [0.2, 0.25) is 0 Å². The van der Waals surface area contributed by atoms with Crippen LogP contribution in [-0.4, -0.2) is 36.2 Å². The summed E-state index contributed by atoms with van der Waals surface area (Å²) in [4.78, 5) is 11.2. The number of benzene rings is 1. The number of rotatable bonds is 5. The molecule has 2 unspecified atom stereocenters. The summed E-state index contributed by atoms with van der Waals surface area (Å²) in [5.41, 5.74) is 1.27. The van der Waals surface area contributed by atoms with E-state index >= 15 is 0 Å². The molecule has 0 bridgehead atoms. The molecule has 5 nitrogen and oxygen atoms in total. The second-order valence-electron chi connectivity index (χ2n) is 6.94. The monoisotopic (exact) mass is 338 g/mol. The van der Waals surface area contributed by atoms with E-state index in [0.29, 0.717) is 5.92 Å². The Morgan fingerprint density at radius 2 is 1.92 bits per heavy atom. The Balaban J connectivity index is 1.42. The molecule has 0 spiro atoms. The zero-order valence-electron chi connectivity index (χ0n) is 14.6. The highest BCUT2D eigenvalue weighted by atomic mass is 16.5. The van der Waals surface area contributed by atoms with Crippen LogP contribution in [0.4, 0.5) is 11.6 Å². The maximum Gasteiger partial charge on any atom is 0.134 e. The van der Waals surface area contributed by atoms with Crippen LogP contribution in [0.5, 0.6) is 0 Å². The summed E-state index contributed by atoms with van der Waals surface area (Å²) in [5.74, 6) is 2.41. The van der Waals surface area contributed by atoms with E-state index in [-0.39, 0.29) is 6.10 Å². The van der Waals surface area contributed by atoms with E-state index in [2.05, 4.69) is 56.6 Å². The van der Waals surface area contributed by atoms with Crippen LogP contribution < -0.4 is 10.2 Å². The molecule has 2 aliphatic heterocycles. The van der Waals surface area contributed by atoms with Crippen LogP contribution in [0.15, 0.2) is 42.7 Å². The van der Waals surface area contributed by atoms with Crippen LogP contribution in [0.3, 0.4) is 0 Å². The zero-order chi connectivity index (χ0) is 16.9. The number of ether oxygens (including phenoxy) is 1. The molecule has 1 aromatic carbocycles. The highest BCUT2D eigenvalue weighted by molar-refractivity contribution is 5.49. The lowest BCUT2D eigenvalue weighted by Crippen LogP contribution is -2.28. The predicted molar refractivity (Wildman–Crippen MR) is 99.8 cm³/mol. The molecule has 0 radical (unpaired) electrons. The van der Waals surface area contributed by atoms with Gasteiger partial charge < -0.3 is 15.0 Å². The van der Waals surface area contributed by atoms with E-state index in [1.807, 2.05) is 0 Å². The Labute approximate surface area is 149 Å². The molecule has 2 aliphatic rings. The molecule has 2 saturated heterocycles. The molecule has 5 heteroatoms. The largest absolute Gasteiger partial charge is 0.373 e. The molecule has 1 N–H and O–H groups in total. The van der Waals surface area contributed by atoms with Gasteiger partial charge in [0.25, 0.3) is 0 Å². The predicted octanol–water partition coefficient (Wildman–Crippen LogP) is 3.66. The number of anilines is 2. The first-order valence-electron chi connectivity index (χ1n) is 9.37. The van der Waals surface area contributed by atoms with E-state index < -0.39 is 0 Å². The lowest BCUT2D eigenvalue weighted by Gasteiger charge is -2.32. The van der Waals surface area contributed by atoms with Gasteiger partial charge >= 0.3 is 0 Å². The molecular formula is C20H26N4O. The van der Waals surface area contributed by atoms with Crippen LogP contribution in [0.25, 0.3) is 0 Å². The molecule has 25 heavy (non-hydrogen) atoms. The third-order valence-electron chi connectivity index (χ3n) is 5.20. The third-order valence-corrected chi connectivity index (χ3v) is 5.20. The summed E-state index contributed by atoms with van der Waals surface area (Å²) >= 11 is 0. The molecule has 2 fully saturated rings. The van der Waals surface area contributed by atoms with E-state index in [4.69, 9.17) is 4.74 Å². The van der Waals surface area contributed by atoms with Crippen molar-refractivity contribution in [1.82, 2.24) is 9.97 Å². The summed E-state index contributed by atoms with van der Waals surface area (Å²) < 4.78 is 6.09. The first-order chi connectivity index (χ1) is 12.4. The maximum atomic E-state index is 6.09. The fourth-order valence-electron chi connectivity index (χ4n) is 3.86. The highest BCUT2D eigenvalue weighted by Gasteiger charge is 2.27. The van der Waals surface area contributed by atoms with Gasteiger partial charge in [-0.2, -0.15) is 0 Å². The summed E-state index contributed by atoms with van der Waals surface area (Å²) in [6, 6.07) is 12.6. The molecule has 0 saturated carbocycles. The van der Waals surface area contributed by atoms with Gasteiger partial charge in [0, 0.05) is 38.2 Å². The normalized spacial score (nSPS) is 23.6. The molecule has 0 amide bonds. The number of nitrogens with one attached hydrogen (secondary N) is 1. The lowest BCUT2D eigenvalue weighted by molar-refractivity contribution is -0.0238. The van der Waals surface area contributed by atoms with Crippen molar-refractivity contribution < 1.29 is 4.74 Å². The standard InChI is InChI=1S/C20H26N4O/c1-2-7-16(8-3-1)20-17(9-6-12-25-20)14-21-18-13-19(23-15-22-18)24-10-4-5-11-24/h1-3,7-8,13,15,17,20H,4-6,9-12,14H2,(H,21,22,23). The van der Waals surface area contributed by atoms with Gasteiger partial charge in [-0.05, 0) is 31.2 Å². The van der Waals surface area contributed by atoms with Gasteiger partial charge in [0.15, 0.2) is 0 Å². The number of nitrogens with zero attached hydrogens (tertiary/aromatic N) is 3. The van der Waals surface area contributed by atoms with Crippen molar-refractivity contribution in [2.75, 3.05) is 36.5 Å². The second kappa shape index (κ2) is 7.83. The Kier molecular flexibility index (Phi) is 5.11. The molecule has 0 aliphatic carbocycles. The fourth-order valence-corrected chi connectivity index (χ4v) is 3.86. The molecule has 4 rings (SSSR count). The molecule has 132 valence electrons. The van der Waals surface area contributed by atoms with Gasteiger partial charge in [-0.25, -0.2) is 9.97 Å². The van der Waals surface area contributed by atoms with Crippen LogP contribution in [0, 0.1) is 5.92 Å². The van der Waals surface area contributed by atoms with E-state index in [0.717, 1.165) is 44.3 Å². The van der Waals surface area contributed by atoms with Gasteiger partial charge in [-0.3, -0.25) is 0 Å². The average Bonchev–Trinajstić information content (AvgIpc) is 3.22. The van der Waals surface area contributed by atoms with E-state index in [9.17, 15) is 0 Å². The van der Waals surface area contributed by atoms with Gasteiger partial charge in [0.05, 0.1) is 6.10 Å². The Bertz CT molecular complexity index is 672. The molecule has 1 aromatic heterocycles.